The van der Waals surface area contributed by atoms with Crippen LogP contribution in [0.5, 0.6) is 5.75 Å². The quantitative estimate of drug-likeness (QED) is 0.517. The molecule has 0 bridgehead atoms. The van der Waals surface area contributed by atoms with E-state index in [9.17, 15) is 0 Å². The first-order valence-electron chi connectivity index (χ1n) is 9.79. The minimum absolute atomic E-state index is 0.926. The molecule has 0 fully saturated rings. The molecule has 0 atom stereocenters. The van der Waals surface area contributed by atoms with E-state index in [1.165, 1.54) is 44.4 Å². The highest BCUT2D eigenvalue weighted by Gasteiger charge is 2.23. The summed E-state index contributed by atoms with van der Waals surface area (Å²) < 4.78 is 5.78. The minimum atomic E-state index is 0.926. The first kappa shape index (κ1) is 17.1. The second-order valence-electron chi connectivity index (χ2n) is 7.58. The number of aromatic amines is 1. The standard InChI is InChI=1S/C25H24N2O/c1-27-15-14-21-20(16-27)25-22(26-21)12-13-23(28-2)24(25)19-10-8-18(9-11-19)17-6-4-3-5-7-17/h3-13,26H,14-16H2,1-2H3. The lowest BCUT2D eigenvalue weighted by Gasteiger charge is -2.23. The number of nitrogens with one attached hydrogen (secondary N) is 1. The third kappa shape index (κ3) is 2.79. The van der Waals surface area contributed by atoms with Crippen LogP contribution in [-0.4, -0.2) is 30.6 Å². The Labute approximate surface area is 165 Å². The molecule has 0 radical (unpaired) electrons. The van der Waals surface area contributed by atoms with Crippen molar-refractivity contribution in [2.45, 2.75) is 13.0 Å². The zero-order chi connectivity index (χ0) is 19.1. The van der Waals surface area contributed by atoms with Gasteiger partial charge < -0.3 is 14.6 Å². The van der Waals surface area contributed by atoms with Gasteiger partial charge in [-0.15, -0.1) is 0 Å². The number of aromatic nitrogens is 1. The van der Waals surface area contributed by atoms with Gasteiger partial charge in [0.2, 0.25) is 0 Å². The van der Waals surface area contributed by atoms with E-state index in [4.69, 9.17) is 4.74 Å². The van der Waals surface area contributed by atoms with Crippen molar-refractivity contribution >= 4 is 10.9 Å². The zero-order valence-corrected chi connectivity index (χ0v) is 16.3. The number of fused-ring (bicyclic) bond motifs is 3. The summed E-state index contributed by atoms with van der Waals surface area (Å²) in [6.07, 6.45) is 1.06. The molecule has 140 valence electrons. The second-order valence-corrected chi connectivity index (χ2v) is 7.58. The van der Waals surface area contributed by atoms with Crippen molar-refractivity contribution in [2.75, 3.05) is 20.7 Å². The third-order valence-corrected chi connectivity index (χ3v) is 5.79. The number of hydrogen-bond donors (Lipinski definition) is 1. The lowest BCUT2D eigenvalue weighted by molar-refractivity contribution is 0.313. The van der Waals surface area contributed by atoms with E-state index in [0.29, 0.717) is 0 Å². The van der Waals surface area contributed by atoms with Gasteiger partial charge in [0.1, 0.15) is 5.75 Å². The van der Waals surface area contributed by atoms with Gasteiger partial charge in [0.25, 0.3) is 0 Å². The van der Waals surface area contributed by atoms with Crippen LogP contribution in [0.3, 0.4) is 0 Å². The van der Waals surface area contributed by atoms with Gasteiger partial charge >= 0.3 is 0 Å². The lowest BCUT2D eigenvalue weighted by Crippen LogP contribution is -2.26. The third-order valence-electron chi connectivity index (χ3n) is 5.79. The molecule has 0 unspecified atom stereocenters. The molecule has 28 heavy (non-hydrogen) atoms. The lowest BCUT2D eigenvalue weighted by atomic mass is 9.94. The van der Waals surface area contributed by atoms with Crippen LogP contribution in [-0.2, 0) is 13.0 Å². The summed E-state index contributed by atoms with van der Waals surface area (Å²) in [6, 6.07) is 23.6. The van der Waals surface area contributed by atoms with Crippen LogP contribution in [0, 0.1) is 0 Å². The van der Waals surface area contributed by atoms with Gasteiger partial charge in [-0.3, -0.25) is 0 Å². The molecule has 0 amide bonds. The van der Waals surface area contributed by atoms with Crippen LogP contribution in [0.4, 0.5) is 0 Å². The fourth-order valence-electron chi connectivity index (χ4n) is 4.35. The molecule has 1 aliphatic rings. The maximum Gasteiger partial charge on any atom is 0.127 e. The highest BCUT2D eigenvalue weighted by atomic mass is 16.5. The summed E-state index contributed by atoms with van der Waals surface area (Å²) >= 11 is 0. The Kier molecular flexibility index (Phi) is 4.18. The monoisotopic (exact) mass is 368 g/mol. The van der Waals surface area contributed by atoms with Crippen molar-refractivity contribution in [3.05, 3.63) is 78.0 Å². The maximum absolute atomic E-state index is 5.78. The smallest absolute Gasteiger partial charge is 0.127 e. The number of hydrogen-bond acceptors (Lipinski definition) is 2. The highest BCUT2D eigenvalue weighted by molar-refractivity contribution is 6.01. The first-order chi connectivity index (χ1) is 13.7. The van der Waals surface area contributed by atoms with Gasteiger partial charge in [-0.25, -0.2) is 0 Å². The van der Waals surface area contributed by atoms with Gasteiger partial charge in [0.05, 0.1) is 7.11 Å². The predicted molar refractivity (Wildman–Crippen MR) is 116 cm³/mol. The van der Waals surface area contributed by atoms with Crippen LogP contribution in [0.25, 0.3) is 33.2 Å². The van der Waals surface area contributed by atoms with E-state index in [2.05, 4.69) is 83.7 Å². The minimum Gasteiger partial charge on any atom is -0.496 e. The van der Waals surface area contributed by atoms with Crippen molar-refractivity contribution in [1.29, 1.82) is 0 Å². The molecule has 2 heterocycles. The number of benzene rings is 3. The molecule has 1 aliphatic heterocycles. The van der Waals surface area contributed by atoms with Gasteiger partial charge in [-0.1, -0.05) is 54.6 Å². The summed E-state index contributed by atoms with van der Waals surface area (Å²) in [4.78, 5) is 6.04. The molecule has 0 saturated carbocycles. The van der Waals surface area contributed by atoms with E-state index in [-0.39, 0.29) is 0 Å². The number of methoxy groups -OCH3 is 1. The summed E-state index contributed by atoms with van der Waals surface area (Å²) in [6.45, 7) is 2.07. The Morgan fingerprint density at radius 1 is 0.857 bits per heavy atom. The first-order valence-corrected chi connectivity index (χ1v) is 9.79. The van der Waals surface area contributed by atoms with Crippen molar-refractivity contribution in [1.82, 2.24) is 9.88 Å². The average molecular weight is 368 g/mol. The molecule has 3 aromatic carbocycles. The van der Waals surface area contributed by atoms with Gasteiger partial charge in [-0.05, 0) is 41.4 Å². The van der Waals surface area contributed by atoms with Crippen LogP contribution in [0.15, 0.2) is 66.7 Å². The molecule has 0 spiro atoms. The SMILES string of the molecule is COc1ccc2[nH]c3c(c2c1-c1ccc(-c2ccccc2)cc1)CN(C)CC3. The van der Waals surface area contributed by atoms with Gasteiger partial charge in [-0.2, -0.15) is 0 Å². The van der Waals surface area contributed by atoms with Crippen molar-refractivity contribution in [2.24, 2.45) is 0 Å². The molecular weight excluding hydrogens is 344 g/mol. The molecule has 0 aliphatic carbocycles. The number of likely N-dealkylation sites (N-methyl/N-ethyl adjacent to an activating group) is 1. The van der Waals surface area contributed by atoms with E-state index < -0.39 is 0 Å². The Bertz CT molecular complexity index is 1130. The van der Waals surface area contributed by atoms with E-state index in [0.717, 1.165) is 25.3 Å². The van der Waals surface area contributed by atoms with Gasteiger partial charge in [0.15, 0.2) is 0 Å². The highest BCUT2D eigenvalue weighted by Crippen LogP contribution is 2.41. The molecule has 4 aromatic rings. The Balaban J connectivity index is 1.68. The largest absolute Gasteiger partial charge is 0.496 e. The number of nitrogens with zero attached hydrogens (tertiary/aromatic N) is 1. The van der Waals surface area contributed by atoms with Gasteiger partial charge in [0, 0.05) is 41.7 Å². The summed E-state index contributed by atoms with van der Waals surface area (Å²) in [5, 5.41) is 1.30. The molecule has 3 heteroatoms. The molecule has 3 nitrogen and oxygen atoms in total. The molecule has 0 saturated heterocycles. The number of rotatable bonds is 3. The Hall–Kier alpha value is -3.04. The van der Waals surface area contributed by atoms with Crippen molar-refractivity contribution < 1.29 is 4.74 Å². The van der Waals surface area contributed by atoms with Crippen LogP contribution < -0.4 is 4.74 Å². The summed E-state index contributed by atoms with van der Waals surface area (Å²) in [7, 11) is 3.95. The van der Waals surface area contributed by atoms with Crippen molar-refractivity contribution in [3.63, 3.8) is 0 Å². The summed E-state index contributed by atoms with van der Waals surface area (Å²) in [5.41, 5.74) is 8.81. The molecule has 5 rings (SSSR count). The number of ether oxygens (including phenoxy) is 1. The summed E-state index contributed by atoms with van der Waals surface area (Å²) in [5.74, 6) is 0.926. The van der Waals surface area contributed by atoms with Crippen LogP contribution in [0.1, 0.15) is 11.3 Å². The van der Waals surface area contributed by atoms with E-state index in [1.807, 2.05) is 0 Å². The Morgan fingerprint density at radius 2 is 1.57 bits per heavy atom. The zero-order valence-electron chi connectivity index (χ0n) is 16.3. The van der Waals surface area contributed by atoms with Crippen LogP contribution >= 0.6 is 0 Å². The van der Waals surface area contributed by atoms with Crippen molar-refractivity contribution in [3.8, 4) is 28.0 Å². The van der Waals surface area contributed by atoms with E-state index >= 15 is 0 Å². The molecular formula is C25H24N2O. The normalized spacial score (nSPS) is 14.2. The topological polar surface area (TPSA) is 28.3 Å². The average Bonchev–Trinajstić information content (AvgIpc) is 3.11. The fourth-order valence-corrected chi connectivity index (χ4v) is 4.35. The predicted octanol–water partition coefficient (Wildman–Crippen LogP) is 5.50. The number of H-pyrrole nitrogens is 1. The second kappa shape index (κ2) is 6.84. The molecule has 1 aromatic heterocycles. The Morgan fingerprint density at radius 3 is 2.32 bits per heavy atom. The maximum atomic E-state index is 5.78. The molecule has 1 N–H and O–H groups in total. The van der Waals surface area contributed by atoms with E-state index in [1.54, 1.807) is 7.11 Å². The van der Waals surface area contributed by atoms with Crippen LogP contribution in [0.2, 0.25) is 0 Å². The fraction of sp³-hybridized carbons (Fsp3) is 0.200.